The molecule has 1 aliphatic rings. The van der Waals surface area contributed by atoms with Crippen molar-refractivity contribution in [3.8, 4) is 0 Å². The highest BCUT2D eigenvalue weighted by molar-refractivity contribution is 5.78. The predicted molar refractivity (Wildman–Crippen MR) is 80.8 cm³/mol. The minimum atomic E-state index is -0.699. The number of fused-ring (bicyclic) bond motifs is 1. The molecule has 2 heterocycles. The summed E-state index contributed by atoms with van der Waals surface area (Å²) >= 11 is 0. The maximum absolute atomic E-state index is 12.1. The van der Waals surface area contributed by atoms with Crippen molar-refractivity contribution >= 4 is 16.9 Å². The van der Waals surface area contributed by atoms with Crippen molar-refractivity contribution in [1.82, 2.24) is 14.9 Å². The molecule has 1 amide bonds. The van der Waals surface area contributed by atoms with Crippen LogP contribution in [0.25, 0.3) is 11.0 Å². The summed E-state index contributed by atoms with van der Waals surface area (Å²) < 4.78 is 0. The van der Waals surface area contributed by atoms with Crippen LogP contribution in [-0.2, 0) is 11.2 Å². The maximum atomic E-state index is 12.1. The van der Waals surface area contributed by atoms with Gasteiger partial charge in [0.2, 0.25) is 5.91 Å². The van der Waals surface area contributed by atoms with Crippen LogP contribution in [0.15, 0.2) is 24.3 Å². The van der Waals surface area contributed by atoms with Gasteiger partial charge in [0.15, 0.2) is 0 Å². The molecular formula is C16H21N3O2. The normalized spacial score (nSPS) is 17.2. The van der Waals surface area contributed by atoms with Crippen LogP contribution >= 0.6 is 0 Å². The summed E-state index contributed by atoms with van der Waals surface area (Å²) in [7, 11) is 0. The second-order valence-corrected chi connectivity index (χ2v) is 6.21. The van der Waals surface area contributed by atoms with Gasteiger partial charge in [-0.25, -0.2) is 4.98 Å². The topological polar surface area (TPSA) is 69.2 Å². The van der Waals surface area contributed by atoms with Gasteiger partial charge in [0.25, 0.3) is 0 Å². The molecule has 5 nitrogen and oxygen atoms in total. The van der Waals surface area contributed by atoms with Crippen LogP contribution in [0.1, 0.15) is 26.1 Å². The zero-order chi connectivity index (χ0) is 15.0. The van der Waals surface area contributed by atoms with Gasteiger partial charge in [0, 0.05) is 12.8 Å². The predicted octanol–water partition coefficient (Wildman–Crippen LogP) is 1.72. The van der Waals surface area contributed by atoms with Crippen molar-refractivity contribution < 1.29 is 9.90 Å². The van der Waals surface area contributed by atoms with Gasteiger partial charge in [-0.1, -0.05) is 26.0 Å². The van der Waals surface area contributed by atoms with Gasteiger partial charge in [-0.3, -0.25) is 4.79 Å². The monoisotopic (exact) mass is 287 g/mol. The summed E-state index contributed by atoms with van der Waals surface area (Å²) in [6.45, 7) is 4.86. The third kappa shape index (κ3) is 2.65. The highest BCUT2D eigenvalue weighted by Gasteiger charge is 2.45. The Bertz CT molecular complexity index is 623. The molecule has 0 spiro atoms. The summed E-state index contributed by atoms with van der Waals surface area (Å²) in [6, 6.07) is 7.84. The van der Waals surface area contributed by atoms with Gasteiger partial charge in [-0.2, -0.15) is 0 Å². The van der Waals surface area contributed by atoms with Crippen LogP contribution in [-0.4, -0.2) is 44.6 Å². The first-order valence-corrected chi connectivity index (χ1v) is 7.42. The van der Waals surface area contributed by atoms with Crippen LogP contribution in [0, 0.1) is 5.92 Å². The summed E-state index contributed by atoms with van der Waals surface area (Å²) in [5.74, 6) is 1.10. The van der Waals surface area contributed by atoms with E-state index < -0.39 is 5.60 Å². The van der Waals surface area contributed by atoms with Gasteiger partial charge in [0.1, 0.15) is 11.4 Å². The number of β-amino-alcohol motifs (C(OH)–C–C–N with tert-alkyl or cyclic N) is 1. The van der Waals surface area contributed by atoms with Crippen molar-refractivity contribution in [2.45, 2.75) is 32.3 Å². The van der Waals surface area contributed by atoms with Crippen LogP contribution in [0.3, 0.4) is 0 Å². The number of imidazole rings is 1. The first-order chi connectivity index (χ1) is 9.98. The third-order valence-corrected chi connectivity index (χ3v) is 4.37. The Morgan fingerprint density at radius 2 is 2.14 bits per heavy atom. The van der Waals surface area contributed by atoms with Crippen LogP contribution in [0.5, 0.6) is 0 Å². The molecular weight excluding hydrogens is 266 g/mol. The molecule has 2 aromatic rings. The lowest BCUT2D eigenvalue weighted by molar-refractivity contribution is -0.163. The molecule has 2 N–H and O–H groups in total. The second kappa shape index (κ2) is 5.15. The molecule has 1 aromatic carbocycles. The summed E-state index contributed by atoms with van der Waals surface area (Å²) in [5, 5.41) is 10.2. The van der Waals surface area contributed by atoms with E-state index >= 15 is 0 Å². The molecule has 0 aliphatic carbocycles. The number of benzene rings is 1. The fourth-order valence-corrected chi connectivity index (χ4v) is 2.66. The number of aryl methyl sites for hydroxylation is 1. The Morgan fingerprint density at radius 3 is 2.81 bits per heavy atom. The molecule has 0 bridgehead atoms. The van der Waals surface area contributed by atoms with Crippen molar-refractivity contribution in [3.05, 3.63) is 30.1 Å². The lowest BCUT2D eigenvalue weighted by Crippen LogP contribution is -2.66. The van der Waals surface area contributed by atoms with E-state index in [1.165, 1.54) is 0 Å². The first-order valence-electron chi connectivity index (χ1n) is 7.42. The lowest BCUT2D eigenvalue weighted by atomic mass is 9.83. The zero-order valence-electron chi connectivity index (χ0n) is 12.5. The molecule has 112 valence electrons. The number of amides is 1. The largest absolute Gasteiger partial charge is 0.386 e. The quantitative estimate of drug-likeness (QED) is 0.899. The minimum Gasteiger partial charge on any atom is -0.386 e. The first kappa shape index (κ1) is 14.1. The third-order valence-electron chi connectivity index (χ3n) is 4.37. The van der Waals surface area contributed by atoms with Crippen LogP contribution in [0.4, 0.5) is 0 Å². The molecule has 0 unspecified atom stereocenters. The van der Waals surface area contributed by atoms with E-state index in [1.807, 2.05) is 38.1 Å². The summed E-state index contributed by atoms with van der Waals surface area (Å²) in [6.07, 6.45) is 1.03. The number of carbonyl (C=O) groups excluding carboxylic acids is 1. The van der Waals surface area contributed by atoms with E-state index in [2.05, 4.69) is 9.97 Å². The molecule has 0 saturated carbocycles. The Labute approximate surface area is 124 Å². The highest BCUT2D eigenvalue weighted by Crippen LogP contribution is 2.29. The van der Waals surface area contributed by atoms with Gasteiger partial charge in [-0.05, 0) is 18.1 Å². The molecule has 1 saturated heterocycles. The van der Waals surface area contributed by atoms with E-state index in [0.717, 1.165) is 16.9 Å². The van der Waals surface area contributed by atoms with E-state index in [-0.39, 0.29) is 11.8 Å². The molecule has 5 heteroatoms. The molecule has 0 atom stereocenters. The number of H-pyrrole nitrogens is 1. The lowest BCUT2D eigenvalue weighted by Gasteiger charge is -2.49. The number of para-hydroxylation sites is 2. The smallest absolute Gasteiger partial charge is 0.223 e. The number of aliphatic hydroxyl groups is 1. The average Bonchev–Trinajstić information content (AvgIpc) is 2.83. The number of rotatable bonds is 4. The van der Waals surface area contributed by atoms with Gasteiger partial charge in [0.05, 0.1) is 24.1 Å². The van der Waals surface area contributed by atoms with Gasteiger partial charge >= 0.3 is 0 Å². The fourth-order valence-electron chi connectivity index (χ4n) is 2.66. The number of hydrogen-bond donors (Lipinski definition) is 2. The number of likely N-dealkylation sites (tertiary alicyclic amines) is 1. The van der Waals surface area contributed by atoms with Crippen LogP contribution < -0.4 is 0 Å². The Morgan fingerprint density at radius 1 is 1.43 bits per heavy atom. The molecule has 3 rings (SSSR count). The number of aromatic amines is 1. The number of nitrogens with zero attached hydrogens (tertiary/aromatic N) is 2. The minimum absolute atomic E-state index is 0.0841. The molecule has 1 aliphatic heterocycles. The number of nitrogens with one attached hydrogen (secondary N) is 1. The summed E-state index contributed by atoms with van der Waals surface area (Å²) in [5.41, 5.74) is 1.23. The second-order valence-electron chi connectivity index (χ2n) is 6.21. The van der Waals surface area contributed by atoms with Crippen molar-refractivity contribution in [1.29, 1.82) is 0 Å². The summed E-state index contributed by atoms with van der Waals surface area (Å²) in [4.78, 5) is 21.5. The van der Waals surface area contributed by atoms with Crippen molar-refractivity contribution in [2.75, 3.05) is 13.1 Å². The Hall–Kier alpha value is -1.88. The number of hydrogen-bond acceptors (Lipinski definition) is 3. The van der Waals surface area contributed by atoms with E-state index in [1.54, 1.807) is 4.90 Å². The van der Waals surface area contributed by atoms with Gasteiger partial charge < -0.3 is 15.0 Å². The molecule has 1 fully saturated rings. The fraction of sp³-hybridized carbons (Fsp3) is 0.500. The van der Waals surface area contributed by atoms with Gasteiger partial charge in [-0.15, -0.1) is 0 Å². The standard InChI is InChI=1S/C16H21N3O2/c1-11(2)16(21)9-19(10-16)15(20)8-7-14-17-12-5-3-4-6-13(12)18-14/h3-6,11,21H,7-10H2,1-2H3,(H,17,18). The molecule has 21 heavy (non-hydrogen) atoms. The number of carbonyl (C=O) groups is 1. The van der Waals surface area contributed by atoms with E-state index in [4.69, 9.17) is 0 Å². The maximum Gasteiger partial charge on any atom is 0.223 e. The molecule has 1 aromatic heterocycles. The zero-order valence-corrected chi connectivity index (χ0v) is 12.5. The Kier molecular flexibility index (Phi) is 3.45. The Balaban J connectivity index is 1.55. The highest BCUT2D eigenvalue weighted by atomic mass is 16.3. The molecule has 0 radical (unpaired) electrons. The van der Waals surface area contributed by atoms with Crippen molar-refractivity contribution in [2.24, 2.45) is 5.92 Å². The number of aromatic nitrogens is 2. The SMILES string of the molecule is CC(C)C1(O)CN(C(=O)CCc2nc3ccccc3[nH]2)C1. The van der Waals surface area contributed by atoms with E-state index in [0.29, 0.717) is 25.9 Å². The van der Waals surface area contributed by atoms with Crippen molar-refractivity contribution in [3.63, 3.8) is 0 Å². The van der Waals surface area contributed by atoms with E-state index in [9.17, 15) is 9.90 Å². The van der Waals surface area contributed by atoms with Crippen LogP contribution in [0.2, 0.25) is 0 Å². The average molecular weight is 287 g/mol.